The van der Waals surface area contributed by atoms with Crippen LogP contribution in [-0.4, -0.2) is 37.3 Å². The molecule has 0 aliphatic carbocycles. The second-order valence-corrected chi connectivity index (χ2v) is 8.66. The maximum Gasteiger partial charge on any atom is 0.276 e. The molecule has 0 atom stereocenters. The van der Waals surface area contributed by atoms with Gasteiger partial charge < -0.3 is 14.2 Å². The number of carbonyl (C=O) groups excluding carboxylic acids is 2. The molecule has 0 aliphatic rings. The molecule has 0 heterocycles. The van der Waals surface area contributed by atoms with E-state index in [0.29, 0.717) is 17.2 Å². The Bertz CT molecular complexity index is 1170. The van der Waals surface area contributed by atoms with Gasteiger partial charge in [0.2, 0.25) is 0 Å². The molecule has 8 nitrogen and oxygen atoms in total. The molecule has 0 spiro atoms. The predicted octanol–water partition coefficient (Wildman–Crippen LogP) is 3.85. The first-order chi connectivity index (χ1) is 15.9. The number of methoxy groups -OCH3 is 1. The molecule has 0 radical (unpaired) electrons. The summed E-state index contributed by atoms with van der Waals surface area (Å²) in [6, 6.07) is 16.3. The van der Waals surface area contributed by atoms with Gasteiger partial charge in [0.25, 0.3) is 11.8 Å². The lowest BCUT2D eigenvalue weighted by Crippen LogP contribution is -2.50. The fraction of sp³-hybridized carbons (Fsp3) is 0.136. The maximum atomic E-state index is 12.1. The minimum Gasteiger partial charge on any atom is -0.497 e. The van der Waals surface area contributed by atoms with Crippen LogP contribution in [0.5, 0.6) is 17.2 Å². The minimum absolute atomic E-state index is 0.0798. The van der Waals surface area contributed by atoms with Crippen LogP contribution in [-0.2, 0) is 9.59 Å². The van der Waals surface area contributed by atoms with Gasteiger partial charge in [0.05, 0.1) is 11.6 Å². The van der Waals surface area contributed by atoms with Gasteiger partial charge in [0.1, 0.15) is 17.2 Å². The summed E-state index contributed by atoms with van der Waals surface area (Å²) in [7, 11) is 1.56. The number of nitrogens with one attached hydrogen (secondary N) is 3. The van der Waals surface area contributed by atoms with Gasteiger partial charge in [-0.05, 0) is 81.4 Å². The summed E-state index contributed by atoms with van der Waals surface area (Å²) >= 11 is 12.0. The summed E-state index contributed by atoms with van der Waals surface area (Å²) in [5.74, 6) is 0.735. The van der Waals surface area contributed by atoms with Gasteiger partial charge in [-0.2, -0.15) is 0 Å². The number of hydrogen-bond acceptors (Lipinski definition) is 6. The van der Waals surface area contributed by atoms with Crippen molar-refractivity contribution in [2.24, 2.45) is 0 Å². The Balaban J connectivity index is 1.40. The molecule has 0 aliphatic heterocycles. The molecule has 3 aromatic rings. The van der Waals surface area contributed by atoms with E-state index in [-0.39, 0.29) is 18.3 Å². The van der Waals surface area contributed by atoms with Crippen molar-refractivity contribution >= 4 is 71.8 Å². The minimum atomic E-state index is -0.487. The summed E-state index contributed by atoms with van der Waals surface area (Å²) in [6.07, 6.45) is 0. The Labute approximate surface area is 212 Å². The molecule has 172 valence electrons. The van der Waals surface area contributed by atoms with Crippen molar-refractivity contribution in [2.75, 3.05) is 20.3 Å². The van der Waals surface area contributed by atoms with E-state index in [1.54, 1.807) is 37.4 Å². The van der Waals surface area contributed by atoms with Gasteiger partial charge in [-0.25, -0.2) is 0 Å². The van der Waals surface area contributed by atoms with Crippen molar-refractivity contribution in [1.82, 2.24) is 16.2 Å². The van der Waals surface area contributed by atoms with Gasteiger partial charge in [0, 0.05) is 4.47 Å². The van der Waals surface area contributed by atoms with E-state index >= 15 is 0 Å². The normalized spacial score (nSPS) is 10.3. The first-order valence-electron chi connectivity index (χ1n) is 9.52. The molecular formula is C22H19Br2N3O5S. The molecule has 0 unspecified atom stereocenters. The first-order valence-corrected chi connectivity index (χ1v) is 11.5. The predicted molar refractivity (Wildman–Crippen MR) is 135 cm³/mol. The fourth-order valence-corrected chi connectivity index (χ4v) is 3.83. The topological polar surface area (TPSA) is 97.9 Å². The quantitative estimate of drug-likeness (QED) is 0.281. The Morgan fingerprint density at radius 1 is 0.879 bits per heavy atom. The van der Waals surface area contributed by atoms with Gasteiger partial charge in [-0.1, -0.05) is 28.1 Å². The van der Waals surface area contributed by atoms with Gasteiger partial charge >= 0.3 is 0 Å². The smallest absolute Gasteiger partial charge is 0.276 e. The molecule has 2 amide bonds. The first kappa shape index (κ1) is 24.7. The van der Waals surface area contributed by atoms with E-state index in [2.05, 4.69) is 48.0 Å². The van der Waals surface area contributed by atoms with Crippen LogP contribution in [0.3, 0.4) is 0 Å². The average Bonchev–Trinajstić information content (AvgIpc) is 2.81. The summed E-state index contributed by atoms with van der Waals surface area (Å²) < 4.78 is 17.7. The Morgan fingerprint density at radius 3 is 2.30 bits per heavy atom. The zero-order valence-electron chi connectivity index (χ0n) is 17.3. The third kappa shape index (κ3) is 7.31. The van der Waals surface area contributed by atoms with Gasteiger partial charge in [-0.15, -0.1) is 0 Å². The number of thiocarbonyl (C=S) groups is 1. The van der Waals surface area contributed by atoms with E-state index in [1.165, 1.54) is 0 Å². The highest BCUT2D eigenvalue weighted by atomic mass is 79.9. The molecule has 3 rings (SSSR count). The number of hydrogen-bond donors (Lipinski definition) is 3. The lowest BCUT2D eigenvalue weighted by atomic mass is 10.1. The number of ether oxygens (including phenoxy) is 3. The Morgan fingerprint density at radius 2 is 1.58 bits per heavy atom. The van der Waals surface area contributed by atoms with Crippen molar-refractivity contribution in [2.45, 2.75) is 0 Å². The zero-order chi connectivity index (χ0) is 23.8. The van der Waals surface area contributed by atoms with Crippen molar-refractivity contribution in [3.8, 4) is 17.2 Å². The summed E-state index contributed by atoms with van der Waals surface area (Å²) in [5, 5.41) is 4.31. The SMILES string of the molecule is COc1ccc(OCC(=O)NNC(=S)NC(=O)COc2ccc3cc(Br)ccc3c2Br)cc1. The Hall–Kier alpha value is -2.89. The van der Waals surface area contributed by atoms with E-state index in [0.717, 1.165) is 19.7 Å². The monoisotopic (exact) mass is 595 g/mol. The van der Waals surface area contributed by atoms with Crippen LogP contribution in [0, 0.1) is 0 Å². The highest BCUT2D eigenvalue weighted by Gasteiger charge is 2.11. The van der Waals surface area contributed by atoms with E-state index in [4.69, 9.17) is 26.4 Å². The lowest BCUT2D eigenvalue weighted by molar-refractivity contribution is -0.124. The molecule has 0 bridgehead atoms. The molecular weight excluding hydrogens is 578 g/mol. The van der Waals surface area contributed by atoms with Gasteiger partial charge in [0.15, 0.2) is 18.3 Å². The number of carbonyl (C=O) groups is 2. The third-order valence-corrected chi connectivity index (χ3v) is 5.75. The standard InChI is InChI=1S/C22H19Br2N3O5S/c1-30-15-4-6-16(7-5-15)31-12-20(29)26-27-22(33)25-19(28)11-32-18-9-2-13-10-14(23)3-8-17(13)21(18)24/h2-10H,11-12H2,1H3,(H,26,29)(H2,25,27,28,33). The van der Waals surface area contributed by atoms with Crippen LogP contribution in [0.1, 0.15) is 0 Å². The maximum absolute atomic E-state index is 12.1. The number of fused-ring (bicyclic) bond motifs is 1. The molecule has 0 saturated heterocycles. The average molecular weight is 597 g/mol. The molecule has 3 N–H and O–H groups in total. The molecule has 11 heteroatoms. The van der Waals surface area contributed by atoms with E-state index in [9.17, 15) is 9.59 Å². The second kappa shape index (κ2) is 11.8. The fourth-order valence-electron chi connectivity index (χ4n) is 2.67. The molecule has 0 saturated carbocycles. The number of amides is 2. The molecule has 33 heavy (non-hydrogen) atoms. The largest absolute Gasteiger partial charge is 0.497 e. The van der Waals surface area contributed by atoms with Crippen molar-refractivity contribution in [3.05, 3.63) is 63.5 Å². The lowest BCUT2D eigenvalue weighted by Gasteiger charge is -2.13. The molecule has 0 aromatic heterocycles. The number of rotatable bonds is 7. The van der Waals surface area contributed by atoms with Crippen LogP contribution in [0.2, 0.25) is 0 Å². The second-order valence-electron chi connectivity index (χ2n) is 6.55. The van der Waals surface area contributed by atoms with E-state index < -0.39 is 11.8 Å². The summed E-state index contributed by atoms with van der Waals surface area (Å²) in [4.78, 5) is 24.0. The van der Waals surface area contributed by atoms with Crippen molar-refractivity contribution in [1.29, 1.82) is 0 Å². The van der Waals surface area contributed by atoms with Crippen LogP contribution >= 0.6 is 44.1 Å². The summed E-state index contributed by atoms with van der Waals surface area (Å²) in [5.41, 5.74) is 4.78. The highest BCUT2D eigenvalue weighted by Crippen LogP contribution is 2.34. The zero-order valence-corrected chi connectivity index (χ0v) is 21.3. The van der Waals surface area contributed by atoms with Crippen molar-refractivity contribution in [3.63, 3.8) is 0 Å². The molecule has 3 aromatic carbocycles. The number of halogens is 2. The highest BCUT2D eigenvalue weighted by molar-refractivity contribution is 9.11. The van der Waals surface area contributed by atoms with Crippen LogP contribution in [0.4, 0.5) is 0 Å². The van der Waals surface area contributed by atoms with Gasteiger partial charge in [-0.3, -0.25) is 25.8 Å². The number of hydrazine groups is 1. The third-order valence-electron chi connectivity index (χ3n) is 4.24. The number of benzene rings is 3. The van der Waals surface area contributed by atoms with Crippen LogP contribution in [0.25, 0.3) is 10.8 Å². The summed E-state index contributed by atoms with van der Waals surface area (Å²) in [6.45, 7) is -0.511. The van der Waals surface area contributed by atoms with Crippen LogP contribution in [0.15, 0.2) is 63.5 Å². The van der Waals surface area contributed by atoms with Crippen LogP contribution < -0.4 is 30.4 Å². The van der Waals surface area contributed by atoms with E-state index in [1.807, 2.05) is 24.3 Å². The molecule has 0 fully saturated rings. The van der Waals surface area contributed by atoms with Crippen molar-refractivity contribution < 1.29 is 23.8 Å². The Kier molecular flexibility index (Phi) is 8.87.